The minimum absolute atomic E-state index is 0.231. The molecular formula is C26H30N6O. The summed E-state index contributed by atoms with van der Waals surface area (Å²) in [6, 6.07) is 9.81. The maximum atomic E-state index is 13.0. The van der Waals surface area contributed by atoms with Crippen LogP contribution in [0.5, 0.6) is 0 Å². The lowest BCUT2D eigenvalue weighted by molar-refractivity contribution is 0.0950. The Morgan fingerprint density at radius 1 is 1.09 bits per heavy atom. The summed E-state index contributed by atoms with van der Waals surface area (Å²) in [5, 5.41) is 2.97. The van der Waals surface area contributed by atoms with Gasteiger partial charge in [0.05, 0.1) is 24.0 Å². The Balaban J connectivity index is 1.53. The van der Waals surface area contributed by atoms with E-state index < -0.39 is 0 Å². The number of amides is 1. The van der Waals surface area contributed by atoms with Gasteiger partial charge in [-0.15, -0.1) is 0 Å². The molecule has 1 N–H and O–H groups in total. The number of hydrogen-bond acceptors (Lipinski definition) is 6. The molecule has 0 fully saturated rings. The molecule has 1 unspecified atom stereocenters. The van der Waals surface area contributed by atoms with Gasteiger partial charge in [-0.25, -0.2) is 9.97 Å². The van der Waals surface area contributed by atoms with Gasteiger partial charge in [0, 0.05) is 25.5 Å². The molecule has 1 aromatic carbocycles. The molecular weight excluding hydrogens is 412 g/mol. The number of benzene rings is 1. The van der Waals surface area contributed by atoms with Crippen LogP contribution >= 0.6 is 0 Å². The minimum Gasteiger partial charge on any atom is -0.348 e. The summed E-state index contributed by atoms with van der Waals surface area (Å²) in [6.07, 6.45) is 13.0. The third kappa shape index (κ3) is 6.29. The Morgan fingerprint density at radius 3 is 2.67 bits per heavy atom. The molecule has 1 amide bonds. The van der Waals surface area contributed by atoms with Crippen LogP contribution in [0.15, 0.2) is 61.1 Å². The van der Waals surface area contributed by atoms with Crippen LogP contribution in [0.3, 0.4) is 0 Å². The van der Waals surface area contributed by atoms with Crippen LogP contribution in [-0.4, -0.2) is 44.3 Å². The SMILES string of the molecule is Cc1cnc(-c2nc(CN(C)CC3CC=CCC3)ncc2C(=O)NCc2ccccc2)cn1. The molecule has 170 valence electrons. The van der Waals surface area contributed by atoms with E-state index in [9.17, 15) is 4.79 Å². The zero-order valence-corrected chi connectivity index (χ0v) is 19.2. The van der Waals surface area contributed by atoms with Crippen LogP contribution in [0, 0.1) is 12.8 Å². The molecule has 1 aliphatic carbocycles. The number of aromatic nitrogens is 4. The first-order chi connectivity index (χ1) is 16.1. The number of hydrogen-bond donors (Lipinski definition) is 1. The van der Waals surface area contributed by atoms with Crippen molar-refractivity contribution in [1.82, 2.24) is 30.2 Å². The Bertz CT molecular complexity index is 1100. The van der Waals surface area contributed by atoms with Crippen LogP contribution in [0.4, 0.5) is 0 Å². The second-order valence-corrected chi connectivity index (χ2v) is 8.61. The molecule has 0 spiro atoms. The zero-order valence-electron chi connectivity index (χ0n) is 19.2. The highest BCUT2D eigenvalue weighted by molar-refractivity contribution is 5.99. The van der Waals surface area contributed by atoms with Crippen LogP contribution in [0.1, 0.15) is 46.7 Å². The van der Waals surface area contributed by atoms with E-state index in [2.05, 4.69) is 44.4 Å². The molecule has 0 saturated carbocycles. The molecule has 3 aromatic rings. The highest BCUT2D eigenvalue weighted by Crippen LogP contribution is 2.21. The van der Waals surface area contributed by atoms with E-state index in [0.717, 1.165) is 30.6 Å². The molecule has 1 aliphatic rings. The number of rotatable bonds is 8. The highest BCUT2D eigenvalue weighted by Gasteiger charge is 2.19. The largest absolute Gasteiger partial charge is 0.348 e. The standard InChI is InChI=1S/C26H30N6O/c1-19-13-28-23(16-27-19)25-22(26(33)30-14-20-9-5-3-6-10-20)15-29-24(31-25)18-32(2)17-21-11-7-4-8-12-21/h3-7,9-10,13,15-16,21H,8,11-12,14,17-18H2,1-2H3,(H,30,33). The normalized spacial score (nSPS) is 15.5. The van der Waals surface area contributed by atoms with E-state index in [-0.39, 0.29) is 5.91 Å². The van der Waals surface area contributed by atoms with Crippen LogP contribution in [0.25, 0.3) is 11.4 Å². The maximum Gasteiger partial charge on any atom is 0.255 e. The number of allylic oxidation sites excluding steroid dienone is 2. The molecule has 0 saturated heterocycles. The lowest BCUT2D eigenvalue weighted by Gasteiger charge is -2.24. The van der Waals surface area contributed by atoms with Gasteiger partial charge < -0.3 is 5.32 Å². The van der Waals surface area contributed by atoms with Crippen molar-refractivity contribution >= 4 is 5.91 Å². The Hall–Kier alpha value is -3.45. The molecule has 2 heterocycles. The van der Waals surface area contributed by atoms with Crippen LogP contribution in [-0.2, 0) is 13.1 Å². The van der Waals surface area contributed by atoms with Crippen LogP contribution in [0.2, 0.25) is 0 Å². The molecule has 1 atom stereocenters. The Morgan fingerprint density at radius 2 is 1.94 bits per heavy atom. The summed E-state index contributed by atoms with van der Waals surface area (Å²) in [5.74, 6) is 1.09. The fourth-order valence-electron chi connectivity index (χ4n) is 4.01. The van der Waals surface area contributed by atoms with Crippen molar-refractivity contribution in [1.29, 1.82) is 0 Å². The van der Waals surface area contributed by atoms with Crippen molar-refractivity contribution in [3.05, 3.63) is 83.7 Å². The summed E-state index contributed by atoms with van der Waals surface area (Å²) in [6.45, 7) is 3.91. The van der Waals surface area contributed by atoms with Crippen molar-refractivity contribution in [3.8, 4) is 11.4 Å². The van der Waals surface area contributed by atoms with Gasteiger partial charge in [0.2, 0.25) is 0 Å². The quantitative estimate of drug-likeness (QED) is 0.532. The summed E-state index contributed by atoms with van der Waals surface area (Å²) >= 11 is 0. The first-order valence-electron chi connectivity index (χ1n) is 11.4. The first kappa shape index (κ1) is 22.7. The van der Waals surface area contributed by atoms with Crippen LogP contribution < -0.4 is 5.32 Å². The highest BCUT2D eigenvalue weighted by atomic mass is 16.1. The molecule has 0 aliphatic heterocycles. The third-order valence-electron chi connectivity index (χ3n) is 5.76. The third-order valence-corrected chi connectivity index (χ3v) is 5.76. The smallest absolute Gasteiger partial charge is 0.255 e. The van der Waals surface area contributed by atoms with Gasteiger partial charge in [0.25, 0.3) is 5.91 Å². The van der Waals surface area contributed by atoms with Crippen molar-refractivity contribution in [2.45, 2.75) is 39.3 Å². The molecule has 0 radical (unpaired) electrons. The average molecular weight is 443 g/mol. The Labute approximate surface area is 195 Å². The van der Waals surface area contributed by atoms with E-state index in [1.807, 2.05) is 37.3 Å². The van der Waals surface area contributed by atoms with Gasteiger partial charge in [-0.3, -0.25) is 19.7 Å². The average Bonchev–Trinajstić information content (AvgIpc) is 2.84. The summed E-state index contributed by atoms with van der Waals surface area (Å²) in [4.78, 5) is 33.4. The van der Waals surface area contributed by atoms with Crippen molar-refractivity contribution in [3.63, 3.8) is 0 Å². The Kier molecular flexibility index (Phi) is 7.52. The summed E-state index contributed by atoms with van der Waals surface area (Å²) in [5.41, 5.74) is 3.30. The zero-order chi connectivity index (χ0) is 23.0. The molecule has 2 aromatic heterocycles. The molecule has 0 bridgehead atoms. The summed E-state index contributed by atoms with van der Waals surface area (Å²) < 4.78 is 0. The van der Waals surface area contributed by atoms with Gasteiger partial charge in [0.1, 0.15) is 17.2 Å². The second-order valence-electron chi connectivity index (χ2n) is 8.61. The van der Waals surface area contributed by atoms with E-state index in [4.69, 9.17) is 4.98 Å². The van der Waals surface area contributed by atoms with Gasteiger partial charge in [-0.2, -0.15) is 0 Å². The molecule has 33 heavy (non-hydrogen) atoms. The summed E-state index contributed by atoms with van der Waals surface area (Å²) in [7, 11) is 2.09. The van der Waals surface area contributed by atoms with Crippen molar-refractivity contribution in [2.75, 3.05) is 13.6 Å². The fourth-order valence-corrected chi connectivity index (χ4v) is 4.01. The molecule has 7 heteroatoms. The van der Waals surface area contributed by atoms with E-state index in [1.165, 1.54) is 6.42 Å². The number of nitrogens with zero attached hydrogens (tertiary/aromatic N) is 5. The van der Waals surface area contributed by atoms with Gasteiger partial charge in [-0.1, -0.05) is 42.5 Å². The topological polar surface area (TPSA) is 83.9 Å². The number of carbonyl (C=O) groups excluding carboxylic acids is 1. The van der Waals surface area contributed by atoms with Gasteiger partial charge in [-0.05, 0) is 44.7 Å². The monoisotopic (exact) mass is 442 g/mol. The van der Waals surface area contributed by atoms with Gasteiger partial charge >= 0.3 is 0 Å². The van der Waals surface area contributed by atoms with Crippen molar-refractivity contribution < 1.29 is 4.79 Å². The van der Waals surface area contributed by atoms with Gasteiger partial charge in [0.15, 0.2) is 0 Å². The fraction of sp³-hybridized carbons (Fsp3) is 0.346. The predicted octanol–water partition coefficient (Wildman–Crippen LogP) is 3.96. The number of carbonyl (C=O) groups is 1. The lowest BCUT2D eigenvalue weighted by Crippen LogP contribution is -2.28. The predicted molar refractivity (Wildman–Crippen MR) is 128 cm³/mol. The van der Waals surface area contributed by atoms with Crippen molar-refractivity contribution in [2.24, 2.45) is 5.92 Å². The van der Waals surface area contributed by atoms with E-state index in [0.29, 0.717) is 41.8 Å². The number of aryl methyl sites for hydroxylation is 1. The minimum atomic E-state index is -0.231. The molecule has 4 rings (SSSR count). The first-order valence-corrected chi connectivity index (χ1v) is 11.4. The molecule has 7 nitrogen and oxygen atoms in total. The van der Waals surface area contributed by atoms with E-state index in [1.54, 1.807) is 18.6 Å². The number of nitrogens with one attached hydrogen (secondary N) is 1. The van der Waals surface area contributed by atoms with E-state index >= 15 is 0 Å². The second kappa shape index (κ2) is 10.9. The maximum absolute atomic E-state index is 13.0. The lowest BCUT2D eigenvalue weighted by atomic mass is 9.94.